The first-order valence-corrected chi connectivity index (χ1v) is 9.47. The molecular formula is C21H28O3. The van der Waals surface area contributed by atoms with E-state index in [1.54, 1.807) is 0 Å². The summed E-state index contributed by atoms with van der Waals surface area (Å²) in [5, 5.41) is 0. The Bertz CT molecular complexity index is 621. The molecule has 0 N–H and O–H groups in total. The van der Waals surface area contributed by atoms with Gasteiger partial charge in [-0.2, -0.15) is 0 Å². The van der Waals surface area contributed by atoms with Gasteiger partial charge in [-0.3, -0.25) is 9.59 Å². The average Bonchev–Trinajstić information content (AvgIpc) is 2.59. The van der Waals surface area contributed by atoms with Crippen molar-refractivity contribution in [3.8, 4) is 0 Å². The largest absolute Gasteiger partial charge is 0.501 e. The maximum absolute atomic E-state index is 13.3. The first-order valence-electron chi connectivity index (χ1n) is 9.47. The van der Waals surface area contributed by atoms with Gasteiger partial charge in [0, 0.05) is 11.8 Å². The van der Waals surface area contributed by atoms with E-state index in [1.807, 2.05) is 0 Å². The molecule has 0 aromatic rings. The molecule has 5 fully saturated rings. The van der Waals surface area contributed by atoms with Crippen LogP contribution in [0.5, 0.6) is 0 Å². The number of ketones is 2. The van der Waals surface area contributed by atoms with E-state index in [0.29, 0.717) is 30.4 Å². The fourth-order valence-electron chi connectivity index (χ4n) is 6.84. The maximum Gasteiger partial charge on any atom is 0.172 e. The van der Waals surface area contributed by atoms with Gasteiger partial charge in [0.2, 0.25) is 0 Å². The SMILES string of the molecule is C=COCC12CCCC(C)C1CC(=O)C13CCC(CC12)C(=C)C3=O. The molecule has 5 saturated carbocycles. The Morgan fingerprint density at radius 1 is 1.29 bits per heavy atom. The van der Waals surface area contributed by atoms with E-state index in [-0.39, 0.29) is 28.8 Å². The van der Waals surface area contributed by atoms with Crippen molar-refractivity contribution in [2.75, 3.05) is 6.61 Å². The molecule has 0 aromatic heterocycles. The monoisotopic (exact) mass is 328 g/mol. The summed E-state index contributed by atoms with van der Waals surface area (Å²) in [5.41, 5.74) is -0.119. The number of carbonyl (C=O) groups excluding carboxylic acids is 2. The van der Waals surface area contributed by atoms with Gasteiger partial charge in [0.1, 0.15) is 5.78 Å². The standard InChI is InChI=1S/C21H28O3/c1-4-24-12-20-8-5-6-13(2)16(20)11-18(22)21-9-7-15(10-17(20)21)14(3)19(21)23/h4,13,15-17H,1,3,5-12H2,2H3. The average molecular weight is 328 g/mol. The Morgan fingerprint density at radius 3 is 2.83 bits per heavy atom. The summed E-state index contributed by atoms with van der Waals surface area (Å²) < 4.78 is 5.75. The van der Waals surface area contributed by atoms with E-state index in [0.717, 1.165) is 25.7 Å². The van der Waals surface area contributed by atoms with Gasteiger partial charge in [-0.15, -0.1) is 0 Å². The molecule has 6 unspecified atom stereocenters. The molecule has 1 spiro atoms. The Balaban J connectivity index is 1.84. The van der Waals surface area contributed by atoms with Gasteiger partial charge in [0.25, 0.3) is 0 Å². The molecule has 5 aliphatic carbocycles. The molecular weight excluding hydrogens is 300 g/mol. The summed E-state index contributed by atoms with van der Waals surface area (Å²) in [6.45, 7) is 10.7. The highest BCUT2D eigenvalue weighted by Crippen LogP contribution is 2.68. The normalized spacial score (nSPS) is 47.1. The lowest BCUT2D eigenvalue weighted by molar-refractivity contribution is -0.187. The first kappa shape index (κ1) is 16.1. The zero-order valence-electron chi connectivity index (χ0n) is 14.7. The van der Waals surface area contributed by atoms with Crippen LogP contribution >= 0.6 is 0 Å². The molecule has 0 aliphatic heterocycles. The molecule has 0 amide bonds. The highest BCUT2D eigenvalue weighted by molar-refractivity contribution is 6.16. The van der Waals surface area contributed by atoms with Gasteiger partial charge >= 0.3 is 0 Å². The van der Waals surface area contributed by atoms with Crippen molar-refractivity contribution < 1.29 is 14.3 Å². The Morgan fingerprint density at radius 2 is 2.08 bits per heavy atom. The van der Waals surface area contributed by atoms with Crippen molar-refractivity contribution in [1.82, 2.24) is 0 Å². The van der Waals surface area contributed by atoms with Gasteiger partial charge in [0.15, 0.2) is 5.78 Å². The zero-order valence-corrected chi connectivity index (χ0v) is 14.7. The van der Waals surface area contributed by atoms with Gasteiger partial charge < -0.3 is 4.74 Å². The molecule has 0 heterocycles. The van der Waals surface area contributed by atoms with E-state index in [1.165, 1.54) is 19.1 Å². The van der Waals surface area contributed by atoms with Gasteiger partial charge in [-0.1, -0.05) is 32.9 Å². The van der Waals surface area contributed by atoms with E-state index in [4.69, 9.17) is 4.74 Å². The number of hydrogen-bond acceptors (Lipinski definition) is 3. The molecule has 24 heavy (non-hydrogen) atoms. The highest BCUT2D eigenvalue weighted by Gasteiger charge is 2.70. The molecule has 5 rings (SSSR count). The summed E-state index contributed by atoms with van der Waals surface area (Å²) in [7, 11) is 0. The summed E-state index contributed by atoms with van der Waals surface area (Å²) in [6.07, 6.45) is 8.11. The molecule has 3 heteroatoms. The van der Waals surface area contributed by atoms with Crippen molar-refractivity contribution in [3.63, 3.8) is 0 Å². The second kappa shape index (κ2) is 5.31. The zero-order chi connectivity index (χ0) is 17.1. The molecule has 0 saturated heterocycles. The number of fused-ring (bicyclic) bond motifs is 3. The fraction of sp³-hybridized carbons (Fsp3) is 0.714. The van der Waals surface area contributed by atoms with E-state index < -0.39 is 5.41 Å². The second-order valence-electron chi connectivity index (χ2n) is 8.66. The Kier molecular flexibility index (Phi) is 3.56. The third kappa shape index (κ3) is 1.79. The van der Waals surface area contributed by atoms with Crippen molar-refractivity contribution in [1.29, 1.82) is 0 Å². The smallest absolute Gasteiger partial charge is 0.172 e. The lowest BCUT2D eigenvalue weighted by Gasteiger charge is -2.64. The van der Waals surface area contributed by atoms with Crippen LogP contribution in [0.4, 0.5) is 0 Å². The Hall–Kier alpha value is -1.38. The Labute approximate surface area is 144 Å². The predicted molar refractivity (Wildman–Crippen MR) is 92.1 cm³/mol. The minimum absolute atomic E-state index is 0.0468. The predicted octanol–water partition coefficient (Wildman–Crippen LogP) is 4.08. The minimum atomic E-state index is -0.788. The van der Waals surface area contributed by atoms with Crippen LogP contribution in [0.2, 0.25) is 0 Å². The third-order valence-corrected chi connectivity index (χ3v) is 7.99. The van der Waals surface area contributed by atoms with E-state index in [2.05, 4.69) is 20.1 Å². The fourth-order valence-corrected chi connectivity index (χ4v) is 6.84. The van der Waals surface area contributed by atoms with Crippen LogP contribution in [0.3, 0.4) is 0 Å². The van der Waals surface area contributed by atoms with Gasteiger partial charge in [0.05, 0.1) is 18.3 Å². The van der Waals surface area contributed by atoms with Crippen LogP contribution in [0.15, 0.2) is 25.0 Å². The van der Waals surface area contributed by atoms with Crippen LogP contribution in [0.25, 0.3) is 0 Å². The maximum atomic E-state index is 13.3. The van der Waals surface area contributed by atoms with Crippen LogP contribution < -0.4 is 0 Å². The van der Waals surface area contributed by atoms with Crippen LogP contribution in [-0.4, -0.2) is 18.2 Å². The van der Waals surface area contributed by atoms with Crippen LogP contribution in [-0.2, 0) is 14.3 Å². The van der Waals surface area contributed by atoms with E-state index >= 15 is 0 Å². The number of Topliss-reactive ketones (excluding diaryl/α,β-unsaturated/α-hetero) is 2. The van der Waals surface area contributed by atoms with Crippen molar-refractivity contribution in [2.24, 2.45) is 34.5 Å². The van der Waals surface area contributed by atoms with Crippen molar-refractivity contribution >= 4 is 11.6 Å². The molecule has 0 radical (unpaired) electrons. The number of rotatable bonds is 3. The number of ether oxygens (including phenoxy) is 1. The van der Waals surface area contributed by atoms with Crippen molar-refractivity contribution in [2.45, 2.75) is 51.9 Å². The van der Waals surface area contributed by atoms with Crippen LogP contribution in [0, 0.1) is 34.5 Å². The summed E-state index contributed by atoms with van der Waals surface area (Å²) >= 11 is 0. The summed E-state index contributed by atoms with van der Waals surface area (Å²) in [6, 6.07) is 0. The third-order valence-electron chi connectivity index (χ3n) is 7.99. The molecule has 3 nitrogen and oxygen atoms in total. The topological polar surface area (TPSA) is 43.4 Å². The number of hydrogen-bond donors (Lipinski definition) is 0. The lowest BCUT2D eigenvalue weighted by Crippen LogP contribution is -2.67. The molecule has 5 aliphatic rings. The lowest BCUT2D eigenvalue weighted by atomic mass is 9.37. The molecule has 130 valence electrons. The molecule has 0 aromatic carbocycles. The molecule has 2 bridgehead atoms. The minimum Gasteiger partial charge on any atom is -0.501 e. The van der Waals surface area contributed by atoms with Gasteiger partial charge in [-0.05, 0) is 54.9 Å². The van der Waals surface area contributed by atoms with Gasteiger partial charge in [-0.25, -0.2) is 0 Å². The quantitative estimate of drug-likeness (QED) is 0.445. The first-order chi connectivity index (χ1) is 11.5. The second-order valence-corrected chi connectivity index (χ2v) is 8.66. The number of carbonyl (C=O) groups is 2. The van der Waals surface area contributed by atoms with Crippen molar-refractivity contribution in [3.05, 3.63) is 25.0 Å². The highest BCUT2D eigenvalue weighted by atomic mass is 16.5. The summed E-state index contributed by atoms with van der Waals surface area (Å²) in [4.78, 5) is 26.4. The van der Waals surface area contributed by atoms with Crippen LogP contribution in [0.1, 0.15) is 51.9 Å². The number of allylic oxidation sites excluding steroid dienone is 1. The summed E-state index contributed by atoms with van der Waals surface area (Å²) in [5.74, 6) is 1.53. The molecule has 6 atom stereocenters. The van der Waals surface area contributed by atoms with E-state index in [9.17, 15) is 9.59 Å².